The van der Waals surface area contributed by atoms with Crippen LogP contribution < -0.4 is 10.6 Å². The number of carbonyl (C=O) groups excluding carboxylic acids is 1. The number of benzene rings is 1. The average molecular weight is 272 g/mol. The van der Waals surface area contributed by atoms with Crippen LogP contribution in [0.2, 0.25) is 0 Å². The summed E-state index contributed by atoms with van der Waals surface area (Å²) in [7, 11) is 0. The third-order valence-electron chi connectivity index (χ3n) is 4.39. The molecule has 0 heterocycles. The van der Waals surface area contributed by atoms with Crippen LogP contribution in [-0.2, 0) is 11.2 Å². The van der Waals surface area contributed by atoms with Gasteiger partial charge in [0.2, 0.25) is 5.91 Å². The second kappa shape index (κ2) is 5.96. The molecule has 3 rings (SSSR count). The first-order valence-corrected chi connectivity index (χ1v) is 7.88. The van der Waals surface area contributed by atoms with Gasteiger partial charge >= 0.3 is 0 Å². The van der Waals surface area contributed by atoms with Gasteiger partial charge in [0, 0.05) is 12.1 Å². The Kier molecular flexibility index (Phi) is 4.06. The van der Waals surface area contributed by atoms with E-state index >= 15 is 0 Å². The molecule has 1 aromatic carbocycles. The van der Waals surface area contributed by atoms with E-state index in [0.29, 0.717) is 12.1 Å². The molecule has 0 radical (unpaired) electrons. The molecule has 1 aromatic rings. The van der Waals surface area contributed by atoms with Crippen LogP contribution in [0.25, 0.3) is 0 Å². The number of hydrogen-bond donors (Lipinski definition) is 2. The van der Waals surface area contributed by atoms with Gasteiger partial charge in [-0.3, -0.25) is 10.1 Å². The molecule has 1 amide bonds. The highest BCUT2D eigenvalue weighted by Crippen LogP contribution is 2.29. The quantitative estimate of drug-likeness (QED) is 0.827. The number of rotatable bonds is 4. The number of aryl methyl sites for hydroxylation is 1. The maximum Gasteiger partial charge on any atom is 0.237 e. The number of carbonyl (C=O) groups is 1. The summed E-state index contributed by atoms with van der Waals surface area (Å²) in [6.07, 6.45) is 7.05. The van der Waals surface area contributed by atoms with Crippen molar-refractivity contribution in [2.45, 2.75) is 63.6 Å². The van der Waals surface area contributed by atoms with Crippen LogP contribution in [-0.4, -0.2) is 18.0 Å². The maximum absolute atomic E-state index is 12.1. The van der Waals surface area contributed by atoms with E-state index in [-0.39, 0.29) is 11.9 Å². The van der Waals surface area contributed by atoms with Crippen molar-refractivity contribution in [1.29, 1.82) is 0 Å². The molecular weight excluding hydrogens is 248 g/mol. The first-order chi connectivity index (χ1) is 9.74. The third kappa shape index (κ3) is 3.21. The van der Waals surface area contributed by atoms with Crippen LogP contribution in [0, 0.1) is 0 Å². The molecule has 0 spiro atoms. The number of amides is 1. The molecule has 2 N–H and O–H groups in total. The molecule has 2 aliphatic carbocycles. The summed E-state index contributed by atoms with van der Waals surface area (Å²) in [6, 6.07) is 9.29. The summed E-state index contributed by atoms with van der Waals surface area (Å²) in [5.74, 6) is 0.147. The van der Waals surface area contributed by atoms with Crippen molar-refractivity contribution in [1.82, 2.24) is 10.6 Å². The Hall–Kier alpha value is -1.35. The summed E-state index contributed by atoms with van der Waals surface area (Å²) in [5.41, 5.74) is 2.83. The number of hydrogen-bond acceptors (Lipinski definition) is 2. The van der Waals surface area contributed by atoms with E-state index in [1.54, 1.807) is 0 Å². The lowest BCUT2D eigenvalue weighted by Gasteiger charge is -2.23. The second-order valence-corrected chi connectivity index (χ2v) is 6.17. The van der Waals surface area contributed by atoms with Gasteiger partial charge in [0.25, 0.3) is 0 Å². The summed E-state index contributed by atoms with van der Waals surface area (Å²) >= 11 is 0. The topological polar surface area (TPSA) is 41.1 Å². The van der Waals surface area contributed by atoms with Gasteiger partial charge in [-0.25, -0.2) is 0 Å². The van der Waals surface area contributed by atoms with E-state index in [9.17, 15) is 4.79 Å². The molecule has 108 valence electrons. The highest BCUT2D eigenvalue weighted by atomic mass is 16.2. The molecule has 0 bridgehead atoms. The fourth-order valence-corrected chi connectivity index (χ4v) is 3.03. The van der Waals surface area contributed by atoms with Crippen molar-refractivity contribution in [2.75, 3.05) is 0 Å². The fourth-order valence-electron chi connectivity index (χ4n) is 3.03. The fraction of sp³-hybridized carbons (Fsp3) is 0.588. The monoisotopic (exact) mass is 272 g/mol. The predicted molar refractivity (Wildman–Crippen MR) is 80.5 cm³/mol. The minimum absolute atomic E-state index is 0.119. The Morgan fingerprint density at radius 1 is 1.20 bits per heavy atom. The number of fused-ring (bicyclic) bond motifs is 1. The van der Waals surface area contributed by atoms with Gasteiger partial charge in [0.15, 0.2) is 0 Å². The molecule has 3 heteroatoms. The molecule has 20 heavy (non-hydrogen) atoms. The van der Waals surface area contributed by atoms with Crippen LogP contribution in [0.3, 0.4) is 0 Å². The molecule has 1 fully saturated rings. The van der Waals surface area contributed by atoms with Gasteiger partial charge in [-0.05, 0) is 50.2 Å². The molecule has 0 aliphatic heterocycles. The largest absolute Gasteiger partial charge is 0.352 e. The van der Waals surface area contributed by atoms with E-state index in [1.807, 2.05) is 6.92 Å². The molecule has 3 nitrogen and oxygen atoms in total. The molecular formula is C17H24N2O. The molecule has 0 saturated heterocycles. The molecule has 0 aromatic heterocycles. The second-order valence-electron chi connectivity index (χ2n) is 6.17. The van der Waals surface area contributed by atoms with Crippen molar-refractivity contribution in [2.24, 2.45) is 0 Å². The zero-order chi connectivity index (χ0) is 13.9. The summed E-state index contributed by atoms with van der Waals surface area (Å²) in [4.78, 5) is 12.1. The minimum atomic E-state index is -0.119. The van der Waals surface area contributed by atoms with Crippen molar-refractivity contribution in [3.63, 3.8) is 0 Å². The predicted octanol–water partition coefficient (Wildman–Crippen LogP) is 2.71. The van der Waals surface area contributed by atoms with E-state index in [1.165, 1.54) is 24.0 Å². The van der Waals surface area contributed by atoms with E-state index in [0.717, 1.165) is 25.7 Å². The Labute approximate surface area is 121 Å². The van der Waals surface area contributed by atoms with Gasteiger partial charge in [-0.15, -0.1) is 0 Å². The summed E-state index contributed by atoms with van der Waals surface area (Å²) in [5, 5.41) is 6.62. The standard InChI is InChI=1S/C17H24N2O/c1-12(17(20)19-14-10-11-14)18-16-9-5-3-7-13-6-2-4-8-15(13)16/h2,4,6,8,12,14,16,18H,3,5,7,9-11H2,1H3,(H,19,20). The summed E-state index contributed by atoms with van der Waals surface area (Å²) < 4.78 is 0. The average Bonchev–Trinajstić information content (AvgIpc) is 3.27. The van der Waals surface area contributed by atoms with Crippen molar-refractivity contribution >= 4 is 5.91 Å². The van der Waals surface area contributed by atoms with E-state index in [2.05, 4.69) is 34.9 Å². The maximum atomic E-state index is 12.1. The first kappa shape index (κ1) is 13.6. The molecule has 2 aliphatic rings. The highest BCUT2D eigenvalue weighted by molar-refractivity contribution is 5.81. The van der Waals surface area contributed by atoms with Crippen LogP contribution >= 0.6 is 0 Å². The Morgan fingerprint density at radius 3 is 2.80 bits per heavy atom. The Morgan fingerprint density at radius 2 is 2.00 bits per heavy atom. The molecule has 2 unspecified atom stereocenters. The van der Waals surface area contributed by atoms with Gasteiger partial charge in [-0.2, -0.15) is 0 Å². The van der Waals surface area contributed by atoms with Gasteiger partial charge < -0.3 is 5.32 Å². The highest BCUT2D eigenvalue weighted by Gasteiger charge is 2.27. The zero-order valence-corrected chi connectivity index (χ0v) is 12.2. The summed E-state index contributed by atoms with van der Waals surface area (Å²) in [6.45, 7) is 1.98. The zero-order valence-electron chi connectivity index (χ0n) is 12.2. The SMILES string of the molecule is CC(NC1CCCCc2ccccc21)C(=O)NC1CC1. The van der Waals surface area contributed by atoms with E-state index in [4.69, 9.17) is 0 Å². The van der Waals surface area contributed by atoms with Crippen molar-refractivity contribution < 1.29 is 4.79 Å². The lowest BCUT2D eigenvalue weighted by Crippen LogP contribution is -2.44. The van der Waals surface area contributed by atoms with Gasteiger partial charge in [-0.1, -0.05) is 30.7 Å². The van der Waals surface area contributed by atoms with Crippen molar-refractivity contribution in [3.8, 4) is 0 Å². The van der Waals surface area contributed by atoms with Gasteiger partial charge in [0.05, 0.1) is 6.04 Å². The first-order valence-electron chi connectivity index (χ1n) is 7.88. The van der Waals surface area contributed by atoms with Crippen LogP contribution in [0.15, 0.2) is 24.3 Å². The molecule has 2 atom stereocenters. The Balaban J connectivity index is 1.67. The van der Waals surface area contributed by atoms with Crippen LogP contribution in [0.1, 0.15) is 56.2 Å². The minimum Gasteiger partial charge on any atom is -0.352 e. The lowest BCUT2D eigenvalue weighted by atomic mass is 9.98. The normalized spacial score (nSPS) is 23.6. The molecule has 1 saturated carbocycles. The smallest absolute Gasteiger partial charge is 0.237 e. The number of nitrogens with one attached hydrogen (secondary N) is 2. The van der Waals surface area contributed by atoms with Crippen LogP contribution in [0.5, 0.6) is 0 Å². The van der Waals surface area contributed by atoms with Crippen molar-refractivity contribution in [3.05, 3.63) is 35.4 Å². The Bertz CT molecular complexity index is 482. The van der Waals surface area contributed by atoms with Crippen LogP contribution in [0.4, 0.5) is 0 Å². The third-order valence-corrected chi connectivity index (χ3v) is 4.39. The van der Waals surface area contributed by atoms with E-state index < -0.39 is 0 Å². The lowest BCUT2D eigenvalue weighted by molar-refractivity contribution is -0.123. The van der Waals surface area contributed by atoms with Gasteiger partial charge in [0.1, 0.15) is 0 Å².